The summed E-state index contributed by atoms with van der Waals surface area (Å²) in [6.07, 6.45) is 3.72. The third-order valence-corrected chi connectivity index (χ3v) is 4.95. The number of rotatable bonds is 7. The van der Waals surface area contributed by atoms with Gasteiger partial charge in [-0.25, -0.2) is 4.98 Å². The van der Waals surface area contributed by atoms with E-state index < -0.39 is 0 Å². The topological polar surface area (TPSA) is 55.2 Å². The van der Waals surface area contributed by atoms with E-state index in [-0.39, 0.29) is 17.9 Å². The van der Waals surface area contributed by atoms with Crippen molar-refractivity contribution in [3.8, 4) is 0 Å². The third-order valence-electron chi connectivity index (χ3n) is 4.46. The highest BCUT2D eigenvalue weighted by atomic mass is 79.9. The molecule has 0 radical (unpaired) electrons. The maximum atomic E-state index is 12.8. The zero-order valence-electron chi connectivity index (χ0n) is 15.3. The number of aromatic nitrogens is 2. The number of amides is 1. The fraction of sp³-hybridized carbons (Fsp3) is 0.286. The molecule has 1 amide bonds. The van der Waals surface area contributed by atoms with Crippen molar-refractivity contribution in [2.45, 2.75) is 32.7 Å². The van der Waals surface area contributed by atoms with Crippen LogP contribution in [0.2, 0.25) is 0 Å². The Labute approximate surface area is 166 Å². The fourth-order valence-corrected chi connectivity index (χ4v) is 3.32. The van der Waals surface area contributed by atoms with E-state index in [1.54, 1.807) is 17.0 Å². The van der Waals surface area contributed by atoms with Gasteiger partial charge in [-0.3, -0.25) is 14.2 Å². The van der Waals surface area contributed by atoms with E-state index in [2.05, 4.69) is 27.8 Å². The molecule has 0 N–H and O–H groups in total. The first-order valence-corrected chi connectivity index (χ1v) is 9.89. The van der Waals surface area contributed by atoms with Crippen LogP contribution in [0.15, 0.2) is 64.1 Å². The van der Waals surface area contributed by atoms with Gasteiger partial charge in [-0.15, -0.1) is 0 Å². The largest absolute Gasteiger partial charge is 0.312 e. The number of hydrogen-bond donors (Lipinski definition) is 0. The first kappa shape index (κ1) is 19.3. The van der Waals surface area contributed by atoms with E-state index >= 15 is 0 Å². The van der Waals surface area contributed by atoms with Crippen LogP contribution in [-0.4, -0.2) is 22.0 Å². The van der Waals surface area contributed by atoms with Crippen molar-refractivity contribution >= 4 is 38.4 Å². The number of halogens is 1. The Hall–Kier alpha value is -2.47. The van der Waals surface area contributed by atoms with Crippen LogP contribution in [-0.2, 0) is 11.3 Å². The van der Waals surface area contributed by atoms with Crippen LogP contribution >= 0.6 is 15.9 Å². The summed E-state index contributed by atoms with van der Waals surface area (Å²) in [4.78, 5) is 31.7. The van der Waals surface area contributed by atoms with Gasteiger partial charge in [0.25, 0.3) is 5.56 Å². The molecule has 0 aliphatic heterocycles. The van der Waals surface area contributed by atoms with E-state index in [9.17, 15) is 9.59 Å². The van der Waals surface area contributed by atoms with Crippen LogP contribution in [0.4, 0.5) is 5.69 Å². The summed E-state index contributed by atoms with van der Waals surface area (Å²) < 4.78 is 2.34. The molecule has 3 rings (SSSR count). The van der Waals surface area contributed by atoms with E-state index in [0.717, 1.165) is 23.0 Å². The Morgan fingerprint density at radius 2 is 1.96 bits per heavy atom. The Balaban J connectivity index is 1.78. The van der Waals surface area contributed by atoms with Gasteiger partial charge < -0.3 is 4.90 Å². The second-order valence-electron chi connectivity index (χ2n) is 6.39. The number of aryl methyl sites for hydroxylation is 1. The molecule has 27 heavy (non-hydrogen) atoms. The summed E-state index contributed by atoms with van der Waals surface area (Å²) in [6, 6.07) is 15.1. The molecule has 0 atom stereocenters. The van der Waals surface area contributed by atoms with E-state index in [4.69, 9.17) is 0 Å². The second-order valence-corrected chi connectivity index (χ2v) is 7.30. The molecule has 0 saturated carbocycles. The van der Waals surface area contributed by atoms with Gasteiger partial charge in [0.1, 0.15) is 0 Å². The molecular formula is C21H22BrN3O2. The molecule has 1 aromatic heterocycles. The minimum absolute atomic E-state index is 0.0101. The average Bonchev–Trinajstić information content (AvgIpc) is 2.69. The van der Waals surface area contributed by atoms with Crippen LogP contribution in [0.1, 0.15) is 26.2 Å². The fourth-order valence-electron chi connectivity index (χ4n) is 2.96. The predicted octanol–water partition coefficient (Wildman–Crippen LogP) is 4.38. The summed E-state index contributed by atoms with van der Waals surface area (Å²) in [5.74, 6) is 0.0101. The molecule has 0 aliphatic carbocycles. The van der Waals surface area contributed by atoms with Crippen molar-refractivity contribution in [2.24, 2.45) is 0 Å². The van der Waals surface area contributed by atoms with Gasteiger partial charge in [0.2, 0.25) is 5.91 Å². The molecule has 140 valence electrons. The SMILES string of the molecule is CCCCN(C(=O)CCn1cnc2ccc(Br)cc2c1=O)c1ccccc1. The second kappa shape index (κ2) is 8.95. The molecule has 0 bridgehead atoms. The average molecular weight is 428 g/mol. The van der Waals surface area contributed by atoms with Gasteiger partial charge in [0, 0.05) is 29.7 Å². The lowest BCUT2D eigenvalue weighted by Crippen LogP contribution is -2.33. The lowest BCUT2D eigenvalue weighted by atomic mass is 10.2. The minimum atomic E-state index is -0.131. The smallest absolute Gasteiger partial charge is 0.261 e. The predicted molar refractivity (Wildman–Crippen MR) is 112 cm³/mol. The summed E-state index contributed by atoms with van der Waals surface area (Å²) in [6.45, 7) is 3.09. The lowest BCUT2D eigenvalue weighted by molar-refractivity contribution is -0.118. The van der Waals surface area contributed by atoms with Crippen molar-refractivity contribution in [2.75, 3.05) is 11.4 Å². The number of anilines is 1. The quantitative estimate of drug-likeness (QED) is 0.561. The van der Waals surface area contributed by atoms with Crippen LogP contribution < -0.4 is 10.5 Å². The standard InChI is InChI=1S/C21H22BrN3O2/c1-2-3-12-25(17-7-5-4-6-8-17)20(26)11-13-24-15-23-19-10-9-16(22)14-18(19)21(24)27/h4-10,14-15H,2-3,11-13H2,1H3. The van der Waals surface area contributed by atoms with Crippen LogP contribution in [0.3, 0.4) is 0 Å². The van der Waals surface area contributed by atoms with Gasteiger partial charge in [-0.1, -0.05) is 47.5 Å². The van der Waals surface area contributed by atoms with Gasteiger partial charge >= 0.3 is 0 Å². The van der Waals surface area contributed by atoms with Crippen molar-refractivity contribution in [3.05, 3.63) is 69.7 Å². The maximum Gasteiger partial charge on any atom is 0.261 e. The maximum absolute atomic E-state index is 12.8. The Kier molecular flexibility index (Phi) is 6.40. The van der Waals surface area contributed by atoms with Crippen LogP contribution in [0.25, 0.3) is 10.9 Å². The van der Waals surface area contributed by atoms with Crippen molar-refractivity contribution in [1.29, 1.82) is 0 Å². The van der Waals surface area contributed by atoms with Crippen molar-refractivity contribution in [1.82, 2.24) is 9.55 Å². The molecule has 2 aromatic carbocycles. The monoisotopic (exact) mass is 427 g/mol. The van der Waals surface area contributed by atoms with Crippen LogP contribution in [0.5, 0.6) is 0 Å². The number of hydrogen-bond acceptors (Lipinski definition) is 3. The summed E-state index contributed by atoms with van der Waals surface area (Å²) in [5.41, 5.74) is 1.41. The molecule has 0 fully saturated rings. The third kappa shape index (κ3) is 4.63. The molecular weight excluding hydrogens is 406 g/mol. The zero-order chi connectivity index (χ0) is 19.2. The molecule has 0 saturated heterocycles. The van der Waals surface area contributed by atoms with Gasteiger partial charge in [0.05, 0.1) is 17.2 Å². The molecule has 0 aliphatic rings. The van der Waals surface area contributed by atoms with Gasteiger partial charge in [0.15, 0.2) is 0 Å². The number of carbonyl (C=O) groups excluding carboxylic acids is 1. The minimum Gasteiger partial charge on any atom is -0.312 e. The van der Waals surface area contributed by atoms with Gasteiger partial charge in [-0.05, 0) is 36.8 Å². The molecule has 6 heteroatoms. The van der Waals surface area contributed by atoms with E-state index in [1.165, 1.54) is 10.9 Å². The molecule has 0 unspecified atom stereocenters. The number of fused-ring (bicyclic) bond motifs is 1. The number of para-hydroxylation sites is 1. The number of unbranched alkanes of at least 4 members (excludes halogenated alkanes) is 1. The summed E-state index contributed by atoms with van der Waals surface area (Å²) >= 11 is 3.39. The zero-order valence-corrected chi connectivity index (χ0v) is 16.9. The van der Waals surface area contributed by atoms with Crippen molar-refractivity contribution < 1.29 is 4.79 Å². The molecule has 0 spiro atoms. The Morgan fingerprint density at radius 1 is 1.19 bits per heavy atom. The van der Waals surface area contributed by atoms with E-state index in [1.807, 2.05) is 36.4 Å². The first-order chi connectivity index (χ1) is 13.1. The first-order valence-electron chi connectivity index (χ1n) is 9.10. The Morgan fingerprint density at radius 3 is 2.70 bits per heavy atom. The number of carbonyl (C=O) groups is 1. The highest BCUT2D eigenvalue weighted by Gasteiger charge is 2.15. The summed E-state index contributed by atoms with van der Waals surface area (Å²) in [5, 5.41) is 0.547. The molecule has 1 heterocycles. The van der Waals surface area contributed by atoms with Gasteiger partial charge in [-0.2, -0.15) is 0 Å². The van der Waals surface area contributed by atoms with E-state index in [0.29, 0.717) is 24.0 Å². The lowest BCUT2D eigenvalue weighted by Gasteiger charge is -2.23. The normalized spacial score (nSPS) is 10.9. The number of benzene rings is 2. The Bertz CT molecular complexity index is 986. The highest BCUT2D eigenvalue weighted by molar-refractivity contribution is 9.10. The van der Waals surface area contributed by atoms with Crippen LogP contribution in [0, 0.1) is 0 Å². The number of nitrogens with zero attached hydrogens (tertiary/aromatic N) is 3. The van der Waals surface area contributed by atoms with Crippen molar-refractivity contribution in [3.63, 3.8) is 0 Å². The highest BCUT2D eigenvalue weighted by Crippen LogP contribution is 2.17. The molecule has 3 aromatic rings. The summed E-state index contributed by atoms with van der Waals surface area (Å²) in [7, 11) is 0. The molecule has 5 nitrogen and oxygen atoms in total.